The number of thiazole rings is 1. The lowest BCUT2D eigenvalue weighted by molar-refractivity contribution is 0.0270. The van der Waals surface area contributed by atoms with E-state index >= 15 is 0 Å². The highest BCUT2D eigenvalue weighted by atomic mass is 32.1. The second-order valence-electron chi connectivity index (χ2n) is 9.15. The quantitative estimate of drug-likeness (QED) is 0.385. The average molecular weight is 475 g/mol. The lowest BCUT2D eigenvalue weighted by Gasteiger charge is -2.29. The van der Waals surface area contributed by atoms with Crippen LogP contribution < -0.4 is 5.32 Å². The van der Waals surface area contributed by atoms with Gasteiger partial charge in [-0.2, -0.15) is 0 Å². The van der Waals surface area contributed by atoms with E-state index in [9.17, 15) is 4.79 Å². The van der Waals surface area contributed by atoms with Crippen molar-refractivity contribution >= 4 is 45.5 Å². The van der Waals surface area contributed by atoms with Gasteiger partial charge in [0.25, 0.3) is 0 Å². The third-order valence-electron chi connectivity index (χ3n) is 5.49. The van der Waals surface area contributed by atoms with E-state index in [1.165, 1.54) is 0 Å². The minimum atomic E-state index is -0.500. The smallest absolute Gasteiger partial charge is 0.410 e. The summed E-state index contributed by atoms with van der Waals surface area (Å²) in [5.41, 5.74) is 7.16. The molecule has 0 unspecified atom stereocenters. The van der Waals surface area contributed by atoms with Crippen molar-refractivity contribution in [3.63, 3.8) is 0 Å². The molecule has 2 N–H and O–H groups in total. The van der Waals surface area contributed by atoms with Crippen LogP contribution >= 0.6 is 11.3 Å². The maximum absolute atomic E-state index is 12.4. The van der Waals surface area contributed by atoms with Crippen molar-refractivity contribution in [2.24, 2.45) is 0 Å². The molecular formula is C25H26N6O2S. The number of rotatable bonds is 4. The van der Waals surface area contributed by atoms with E-state index in [-0.39, 0.29) is 6.09 Å². The van der Waals surface area contributed by atoms with Crippen molar-refractivity contribution in [2.75, 3.05) is 18.4 Å². The maximum Gasteiger partial charge on any atom is 0.410 e. The van der Waals surface area contributed by atoms with E-state index in [0.29, 0.717) is 13.1 Å². The van der Waals surface area contributed by atoms with Crippen LogP contribution in [0.1, 0.15) is 32.9 Å². The second kappa shape index (κ2) is 8.90. The molecule has 1 aliphatic rings. The van der Waals surface area contributed by atoms with Gasteiger partial charge in [0.05, 0.1) is 16.6 Å². The fraction of sp³-hybridized carbons (Fsp3) is 0.280. The molecule has 0 saturated heterocycles. The van der Waals surface area contributed by atoms with Gasteiger partial charge in [-0.05, 0) is 51.0 Å². The molecule has 1 aromatic carbocycles. The number of carbonyl (C=O) groups excluding carboxylic acids is 1. The predicted octanol–water partition coefficient (Wildman–Crippen LogP) is 5.85. The number of benzene rings is 1. The van der Waals surface area contributed by atoms with Gasteiger partial charge in [-0.15, -0.1) is 11.3 Å². The first-order chi connectivity index (χ1) is 16.4. The van der Waals surface area contributed by atoms with Gasteiger partial charge >= 0.3 is 6.09 Å². The Balaban J connectivity index is 1.36. The zero-order chi connectivity index (χ0) is 23.7. The van der Waals surface area contributed by atoms with Crippen LogP contribution in [0.15, 0.2) is 53.6 Å². The van der Waals surface area contributed by atoms with Crippen LogP contribution in [0.3, 0.4) is 0 Å². The molecule has 0 spiro atoms. The van der Waals surface area contributed by atoms with Crippen LogP contribution in [0, 0.1) is 0 Å². The minimum Gasteiger partial charge on any atom is -0.444 e. The molecule has 1 amide bonds. The van der Waals surface area contributed by atoms with Crippen molar-refractivity contribution in [3.8, 4) is 11.3 Å². The molecule has 174 valence electrons. The first-order valence-corrected chi connectivity index (χ1v) is 12.1. The molecule has 8 nitrogen and oxygen atoms in total. The van der Waals surface area contributed by atoms with E-state index in [4.69, 9.17) is 4.74 Å². The van der Waals surface area contributed by atoms with Gasteiger partial charge in [0.15, 0.2) is 0 Å². The first-order valence-electron chi connectivity index (χ1n) is 11.1. The van der Waals surface area contributed by atoms with Gasteiger partial charge in [-0.3, -0.25) is 0 Å². The lowest BCUT2D eigenvalue weighted by Crippen LogP contribution is -2.39. The second-order valence-corrected chi connectivity index (χ2v) is 9.87. The highest BCUT2D eigenvalue weighted by Crippen LogP contribution is 2.30. The summed E-state index contributed by atoms with van der Waals surface area (Å²) in [6, 6.07) is 10.2. The summed E-state index contributed by atoms with van der Waals surface area (Å²) in [6.45, 7) is 6.75. The van der Waals surface area contributed by atoms with Crippen LogP contribution in [-0.4, -0.2) is 49.6 Å². The third kappa shape index (κ3) is 4.79. The fourth-order valence-corrected chi connectivity index (χ4v) is 4.43. The summed E-state index contributed by atoms with van der Waals surface area (Å²) in [4.78, 5) is 30.8. The Morgan fingerprint density at radius 3 is 2.82 bits per heavy atom. The van der Waals surface area contributed by atoms with Crippen LogP contribution in [0.4, 0.5) is 16.3 Å². The van der Waals surface area contributed by atoms with E-state index in [1.54, 1.807) is 22.6 Å². The molecule has 4 heterocycles. The van der Waals surface area contributed by atoms with Gasteiger partial charge in [0.1, 0.15) is 23.4 Å². The van der Waals surface area contributed by atoms with Crippen molar-refractivity contribution < 1.29 is 9.53 Å². The van der Waals surface area contributed by atoms with E-state index in [0.717, 1.165) is 51.5 Å². The number of H-pyrrole nitrogens is 1. The Bertz CT molecular complexity index is 1350. The number of aromatic amines is 1. The largest absolute Gasteiger partial charge is 0.444 e. The summed E-state index contributed by atoms with van der Waals surface area (Å²) >= 11 is 1.58. The SMILES string of the molecule is CC(C)(C)OC(=O)N1CC=C(c2cc3c(Nc4cccc(-c5cscn5)c4)ncnc3[nH]2)CC1. The number of amides is 1. The monoisotopic (exact) mass is 474 g/mol. The lowest BCUT2D eigenvalue weighted by atomic mass is 10.1. The van der Waals surface area contributed by atoms with Crippen molar-refractivity contribution in [2.45, 2.75) is 32.8 Å². The highest BCUT2D eigenvalue weighted by molar-refractivity contribution is 7.07. The molecule has 0 bridgehead atoms. The van der Waals surface area contributed by atoms with Gasteiger partial charge < -0.3 is 19.9 Å². The number of nitrogens with one attached hydrogen (secondary N) is 2. The van der Waals surface area contributed by atoms with Crippen LogP contribution in [0.25, 0.3) is 27.9 Å². The molecule has 0 saturated carbocycles. The van der Waals surface area contributed by atoms with Crippen LogP contribution in [0.2, 0.25) is 0 Å². The summed E-state index contributed by atoms with van der Waals surface area (Å²) in [5.74, 6) is 0.731. The minimum absolute atomic E-state index is 0.281. The molecule has 1 aliphatic heterocycles. The summed E-state index contributed by atoms with van der Waals surface area (Å²) in [5, 5.41) is 6.36. The number of aromatic nitrogens is 4. The highest BCUT2D eigenvalue weighted by Gasteiger charge is 2.24. The maximum atomic E-state index is 12.4. The molecule has 0 radical (unpaired) electrons. The molecule has 3 aromatic heterocycles. The summed E-state index contributed by atoms with van der Waals surface area (Å²) < 4.78 is 5.49. The zero-order valence-corrected chi connectivity index (χ0v) is 20.1. The fourth-order valence-electron chi connectivity index (χ4n) is 3.87. The molecule has 4 aromatic rings. The standard InChI is InChI=1S/C25H26N6O2S/c1-25(2,3)33-24(32)31-9-7-16(8-10-31)20-12-19-22(26-14-27-23(19)30-20)29-18-6-4-5-17(11-18)21-13-34-15-28-21/h4-7,11-15H,8-10H2,1-3H3,(H2,26,27,29,30). The number of fused-ring (bicyclic) bond motifs is 1. The number of carbonyl (C=O) groups is 1. The number of hydrogen-bond acceptors (Lipinski definition) is 7. The van der Waals surface area contributed by atoms with E-state index in [1.807, 2.05) is 49.9 Å². The Hall–Kier alpha value is -3.72. The zero-order valence-electron chi connectivity index (χ0n) is 19.3. The molecule has 9 heteroatoms. The Labute approximate surface area is 201 Å². The average Bonchev–Trinajstić information content (AvgIpc) is 3.49. The number of anilines is 2. The Kier molecular flexibility index (Phi) is 5.79. The normalized spacial score (nSPS) is 14.2. The third-order valence-corrected chi connectivity index (χ3v) is 6.07. The Morgan fingerprint density at radius 2 is 2.09 bits per heavy atom. The van der Waals surface area contributed by atoms with Crippen molar-refractivity contribution in [3.05, 3.63) is 59.3 Å². The van der Waals surface area contributed by atoms with Crippen LogP contribution in [0.5, 0.6) is 0 Å². The topological polar surface area (TPSA) is 96.0 Å². The van der Waals surface area contributed by atoms with Gasteiger partial charge in [0, 0.05) is 35.4 Å². The molecule has 34 heavy (non-hydrogen) atoms. The van der Waals surface area contributed by atoms with E-state index < -0.39 is 5.60 Å². The Morgan fingerprint density at radius 1 is 1.21 bits per heavy atom. The van der Waals surface area contributed by atoms with Gasteiger partial charge in [-0.25, -0.2) is 19.7 Å². The van der Waals surface area contributed by atoms with Crippen molar-refractivity contribution in [1.82, 2.24) is 24.8 Å². The number of nitrogens with zero attached hydrogens (tertiary/aromatic N) is 4. The van der Waals surface area contributed by atoms with Crippen LogP contribution in [-0.2, 0) is 4.74 Å². The number of hydrogen-bond donors (Lipinski definition) is 2. The molecule has 0 atom stereocenters. The number of ether oxygens (including phenoxy) is 1. The molecule has 5 rings (SSSR count). The molecular weight excluding hydrogens is 448 g/mol. The predicted molar refractivity (Wildman–Crippen MR) is 135 cm³/mol. The molecule has 0 fully saturated rings. The summed E-state index contributed by atoms with van der Waals surface area (Å²) in [7, 11) is 0. The van der Waals surface area contributed by atoms with Crippen molar-refractivity contribution in [1.29, 1.82) is 0 Å². The van der Waals surface area contributed by atoms with Gasteiger partial charge in [0.2, 0.25) is 0 Å². The summed E-state index contributed by atoms with van der Waals surface area (Å²) in [6.07, 6.45) is 4.07. The van der Waals surface area contributed by atoms with Gasteiger partial charge in [-0.1, -0.05) is 18.2 Å². The first kappa shape index (κ1) is 22.1. The molecule has 0 aliphatic carbocycles. The van der Waals surface area contributed by atoms with E-state index in [2.05, 4.69) is 43.5 Å².